The summed E-state index contributed by atoms with van der Waals surface area (Å²) in [6, 6.07) is -0.00531. The Morgan fingerprint density at radius 1 is 1.33 bits per heavy atom. The molecule has 1 amide bonds. The number of carbonyl (C=O) groups is 3. The molecule has 1 rings (SSSR count). The van der Waals surface area contributed by atoms with Gasteiger partial charge in [0, 0.05) is 0 Å². The Kier molecular flexibility index (Phi) is 4.09. The predicted molar refractivity (Wildman–Crippen MR) is 59.3 cm³/mol. The molecule has 3 N–H and O–H groups in total. The molecule has 18 heavy (non-hydrogen) atoms. The fourth-order valence-corrected chi connectivity index (χ4v) is 1.47. The van der Waals surface area contributed by atoms with E-state index in [0.717, 1.165) is 0 Å². The molecule has 1 aromatic heterocycles. The smallest absolute Gasteiger partial charge is 0.326 e. The molecule has 1 heterocycles. The second-order valence-electron chi connectivity index (χ2n) is 3.79. The van der Waals surface area contributed by atoms with Crippen LogP contribution in [0.4, 0.5) is 0 Å². The van der Waals surface area contributed by atoms with E-state index < -0.39 is 30.3 Å². The Hall–Kier alpha value is -2.31. The van der Waals surface area contributed by atoms with Gasteiger partial charge >= 0.3 is 11.9 Å². The molecule has 0 saturated carbocycles. The van der Waals surface area contributed by atoms with Gasteiger partial charge in [0.1, 0.15) is 17.6 Å². The maximum Gasteiger partial charge on any atom is 0.326 e. The minimum absolute atomic E-state index is 0.198. The van der Waals surface area contributed by atoms with Gasteiger partial charge in [-0.15, -0.1) is 0 Å². The zero-order valence-electron chi connectivity index (χ0n) is 9.89. The van der Waals surface area contributed by atoms with E-state index in [9.17, 15) is 14.4 Å². The van der Waals surface area contributed by atoms with Gasteiger partial charge in [-0.2, -0.15) is 0 Å². The highest BCUT2D eigenvalue weighted by Gasteiger charge is 2.25. The van der Waals surface area contributed by atoms with Crippen molar-refractivity contribution in [2.45, 2.75) is 26.3 Å². The number of hydrogen-bond donors (Lipinski definition) is 3. The van der Waals surface area contributed by atoms with Crippen LogP contribution in [0.1, 0.15) is 28.3 Å². The molecule has 0 saturated heterocycles. The molecule has 0 bridgehead atoms. The van der Waals surface area contributed by atoms with E-state index in [0.29, 0.717) is 11.5 Å². The van der Waals surface area contributed by atoms with Gasteiger partial charge in [0.15, 0.2) is 0 Å². The number of nitrogens with one attached hydrogen (secondary N) is 1. The number of aryl methyl sites for hydroxylation is 2. The average Bonchev–Trinajstić information content (AvgIpc) is 2.56. The molecule has 1 aromatic rings. The Morgan fingerprint density at radius 2 is 1.94 bits per heavy atom. The standard InChI is InChI=1S/C11H13NO6/c1-5-3-7(6(2)18-5)10(15)12-8(11(16)17)4-9(13)14/h3,8H,4H2,1-2H3,(H,12,15)(H,13,14)(H,16,17)/t8-/m0/s1. The number of aliphatic carboxylic acids is 2. The second-order valence-corrected chi connectivity index (χ2v) is 3.79. The molecule has 0 aliphatic heterocycles. The molecule has 0 spiro atoms. The van der Waals surface area contributed by atoms with Crippen molar-refractivity contribution in [3.05, 3.63) is 23.2 Å². The number of carboxylic acid groups (broad SMARTS) is 2. The first kappa shape index (κ1) is 13.8. The van der Waals surface area contributed by atoms with E-state index in [1.165, 1.54) is 6.07 Å². The molecule has 98 valence electrons. The summed E-state index contributed by atoms with van der Waals surface area (Å²) in [5.41, 5.74) is 0.198. The monoisotopic (exact) mass is 255 g/mol. The number of hydrogen-bond acceptors (Lipinski definition) is 4. The summed E-state index contributed by atoms with van der Waals surface area (Å²) in [6.45, 7) is 3.21. The Labute approximate surface area is 102 Å². The van der Waals surface area contributed by atoms with Crippen molar-refractivity contribution in [2.75, 3.05) is 0 Å². The lowest BCUT2D eigenvalue weighted by Crippen LogP contribution is -2.42. The molecular weight excluding hydrogens is 242 g/mol. The molecule has 0 aliphatic rings. The van der Waals surface area contributed by atoms with Crippen LogP contribution in [-0.4, -0.2) is 34.1 Å². The van der Waals surface area contributed by atoms with Crippen LogP contribution >= 0.6 is 0 Å². The number of furan rings is 1. The number of carboxylic acids is 2. The van der Waals surface area contributed by atoms with Crippen molar-refractivity contribution in [1.82, 2.24) is 5.32 Å². The van der Waals surface area contributed by atoms with Crippen LogP contribution in [0.15, 0.2) is 10.5 Å². The summed E-state index contributed by atoms with van der Waals surface area (Å²) in [7, 11) is 0. The van der Waals surface area contributed by atoms with Crippen molar-refractivity contribution in [1.29, 1.82) is 0 Å². The summed E-state index contributed by atoms with van der Waals surface area (Å²) >= 11 is 0. The van der Waals surface area contributed by atoms with Gasteiger partial charge in [-0.05, 0) is 19.9 Å². The molecule has 0 fully saturated rings. The number of rotatable bonds is 5. The zero-order chi connectivity index (χ0) is 13.9. The quantitative estimate of drug-likeness (QED) is 0.707. The second kappa shape index (κ2) is 5.35. The summed E-state index contributed by atoms with van der Waals surface area (Å²) in [6.07, 6.45) is -0.684. The van der Waals surface area contributed by atoms with Gasteiger partial charge in [0.05, 0.1) is 12.0 Å². The van der Waals surface area contributed by atoms with Gasteiger partial charge in [-0.1, -0.05) is 0 Å². The molecule has 7 heteroatoms. The highest BCUT2D eigenvalue weighted by Crippen LogP contribution is 2.13. The average molecular weight is 255 g/mol. The number of carbonyl (C=O) groups excluding carboxylic acids is 1. The first-order valence-corrected chi connectivity index (χ1v) is 5.13. The van der Waals surface area contributed by atoms with Crippen LogP contribution in [0.2, 0.25) is 0 Å². The molecule has 0 aromatic carbocycles. The third-order valence-corrected chi connectivity index (χ3v) is 2.27. The van der Waals surface area contributed by atoms with E-state index >= 15 is 0 Å². The number of amides is 1. The first-order valence-electron chi connectivity index (χ1n) is 5.13. The SMILES string of the molecule is Cc1cc(C(=O)N[C@@H](CC(=O)O)C(=O)O)c(C)o1. The van der Waals surface area contributed by atoms with Crippen LogP contribution in [-0.2, 0) is 9.59 Å². The summed E-state index contributed by atoms with van der Waals surface area (Å²) in [4.78, 5) is 33.0. The van der Waals surface area contributed by atoms with Crippen molar-refractivity contribution in [3.8, 4) is 0 Å². The van der Waals surface area contributed by atoms with Crippen molar-refractivity contribution in [3.63, 3.8) is 0 Å². The molecule has 1 atom stereocenters. The highest BCUT2D eigenvalue weighted by atomic mass is 16.4. The topological polar surface area (TPSA) is 117 Å². The van der Waals surface area contributed by atoms with E-state index in [1.54, 1.807) is 13.8 Å². The first-order chi connectivity index (χ1) is 8.31. The molecule has 0 aliphatic carbocycles. The Morgan fingerprint density at radius 3 is 2.33 bits per heavy atom. The Bertz CT molecular complexity index is 490. The summed E-state index contributed by atoms with van der Waals surface area (Å²) < 4.78 is 5.13. The molecular formula is C11H13NO6. The lowest BCUT2D eigenvalue weighted by atomic mass is 10.1. The van der Waals surface area contributed by atoms with E-state index in [4.69, 9.17) is 14.6 Å². The lowest BCUT2D eigenvalue weighted by molar-refractivity contribution is -0.145. The molecule has 7 nitrogen and oxygen atoms in total. The molecule has 0 radical (unpaired) electrons. The third-order valence-electron chi connectivity index (χ3n) is 2.27. The van der Waals surface area contributed by atoms with Crippen molar-refractivity contribution < 1.29 is 29.0 Å². The van der Waals surface area contributed by atoms with Crippen LogP contribution < -0.4 is 5.32 Å². The Balaban J connectivity index is 2.81. The van der Waals surface area contributed by atoms with E-state index in [1.807, 2.05) is 0 Å². The van der Waals surface area contributed by atoms with Gasteiger partial charge in [0.25, 0.3) is 5.91 Å². The lowest BCUT2D eigenvalue weighted by Gasteiger charge is -2.11. The van der Waals surface area contributed by atoms with E-state index in [-0.39, 0.29) is 5.56 Å². The summed E-state index contributed by atoms with van der Waals surface area (Å²) in [5, 5.41) is 19.5. The van der Waals surface area contributed by atoms with Crippen LogP contribution in [0.3, 0.4) is 0 Å². The maximum atomic E-state index is 11.7. The van der Waals surface area contributed by atoms with Gasteiger partial charge in [-0.25, -0.2) is 4.79 Å². The molecule has 0 unspecified atom stereocenters. The minimum atomic E-state index is -1.47. The van der Waals surface area contributed by atoms with Gasteiger partial charge in [0.2, 0.25) is 0 Å². The summed E-state index contributed by atoms with van der Waals surface area (Å²) in [5.74, 6) is -2.50. The van der Waals surface area contributed by atoms with Gasteiger partial charge in [-0.3, -0.25) is 9.59 Å². The predicted octanol–water partition coefficient (Wildman–Crippen LogP) is 0.554. The van der Waals surface area contributed by atoms with Gasteiger partial charge < -0.3 is 19.9 Å². The normalized spacial score (nSPS) is 11.9. The maximum absolute atomic E-state index is 11.7. The van der Waals surface area contributed by atoms with Crippen molar-refractivity contribution >= 4 is 17.8 Å². The fourth-order valence-electron chi connectivity index (χ4n) is 1.47. The fraction of sp³-hybridized carbons (Fsp3) is 0.364. The zero-order valence-corrected chi connectivity index (χ0v) is 9.89. The largest absolute Gasteiger partial charge is 0.481 e. The van der Waals surface area contributed by atoms with Crippen LogP contribution in [0.25, 0.3) is 0 Å². The van der Waals surface area contributed by atoms with Crippen molar-refractivity contribution in [2.24, 2.45) is 0 Å². The third kappa shape index (κ3) is 3.34. The highest BCUT2D eigenvalue weighted by molar-refractivity contribution is 5.98. The van der Waals surface area contributed by atoms with Crippen LogP contribution in [0, 0.1) is 13.8 Å². The van der Waals surface area contributed by atoms with E-state index in [2.05, 4.69) is 5.32 Å². The van der Waals surface area contributed by atoms with Crippen LogP contribution in [0.5, 0.6) is 0 Å². The minimum Gasteiger partial charge on any atom is -0.481 e.